The molecule has 0 nitrogen and oxygen atoms in total. The zero-order chi connectivity index (χ0) is 17.5. The normalized spacial score (nSPS) is 12.7. The molecule has 0 N–H and O–H groups in total. The van der Waals surface area contributed by atoms with Gasteiger partial charge in [0, 0.05) is 0 Å². The molecule has 0 fully saturated rings. The molecule has 0 aromatic heterocycles. The fraction of sp³-hybridized carbons (Fsp3) is 1.00. The molecule has 0 spiro atoms. The van der Waals surface area contributed by atoms with Crippen LogP contribution in [0, 0.1) is 16.7 Å². The summed E-state index contributed by atoms with van der Waals surface area (Å²) in [4.78, 5) is 0. The molecule has 0 aliphatic heterocycles. The molecule has 0 heterocycles. The van der Waals surface area contributed by atoms with Crippen LogP contribution in [0.5, 0.6) is 0 Å². The first-order valence-corrected chi connectivity index (χ1v) is 9.43. The van der Waals surface area contributed by atoms with Gasteiger partial charge in [-0.25, -0.2) is 0 Å². The van der Waals surface area contributed by atoms with E-state index in [9.17, 15) is 0 Å². The second-order valence-corrected chi connectivity index (χ2v) is 8.97. The molecule has 21 heavy (non-hydrogen) atoms. The van der Waals surface area contributed by atoms with Gasteiger partial charge < -0.3 is 0 Å². The summed E-state index contributed by atoms with van der Waals surface area (Å²) in [6.07, 6.45) is 9.49. The van der Waals surface area contributed by atoms with Crippen LogP contribution in [-0.4, -0.2) is 0 Å². The van der Waals surface area contributed by atoms with E-state index in [4.69, 9.17) is 0 Å². The predicted octanol–water partition coefficient (Wildman–Crippen LogP) is 8.50. The zero-order valence-electron chi connectivity index (χ0n) is 17.5. The molecule has 0 radical (unpaired) electrons. The smallest absolute Gasteiger partial charge is 0.0354 e. The molecule has 0 aliphatic carbocycles. The third-order valence-electron chi connectivity index (χ3n) is 3.33. The van der Waals surface area contributed by atoms with E-state index in [1.54, 1.807) is 0 Å². The molecule has 0 saturated carbocycles. The van der Waals surface area contributed by atoms with Crippen molar-refractivity contribution >= 4 is 0 Å². The van der Waals surface area contributed by atoms with E-state index >= 15 is 0 Å². The molecule has 0 heteroatoms. The van der Waals surface area contributed by atoms with Gasteiger partial charge >= 0.3 is 0 Å². The lowest BCUT2D eigenvalue weighted by atomic mass is 9.84. The molecule has 0 saturated heterocycles. The summed E-state index contributed by atoms with van der Waals surface area (Å²) in [5.41, 5.74) is 1.10. The molecular weight excluding hydrogens is 252 g/mol. The fourth-order valence-corrected chi connectivity index (χ4v) is 2.18. The molecule has 0 aromatic rings. The van der Waals surface area contributed by atoms with E-state index in [-0.39, 0.29) is 0 Å². The Hall–Kier alpha value is 0. The van der Waals surface area contributed by atoms with Crippen LogP contribution in [0.2, 0.25) is 0 Å². The highest BCUT2D eigenvalue weighted by Gasteiger charge is 2.13. The van der Waals surface area contributed by atoms with Crippen LogP contribution in [0.15, 0.2) is 0 Å². The molecular formula is C21H48. The summed E-state index contributed by atoms with van der Waals surface area (Å²) in [5.74, 6) is 0.949. The van der Waals surface area contributed by atoms with Crippen molar-refractivity contribution in [3.8, 4) is 0 Å². The zero-order valence-corrected chi connectivity index (χ0v) is 17.5. The Morgan fingerprint density at radius 1 is 0.667 bits per heavy atom. The molecule has 132 valence electrons. The largest absolute Gasteiger partial charge is 0.0654 e. The molecule has 1 atom stereocenters. The number of hydrogen-bond donors (Lipinski definition) is 0. The second-order valence-electron chi connectivity index (χ2n) is 8.97. The third kappa shape index (κ3) is 38.3. The van der Waals surface area contributed by atoms with Crippen molar-refractivity contribution < 1.29 is 0 Å². The average molecular weight is 301 g/mol. The van der Waals surface area contributed by atoms with Gasteiger partial charge in [-0.15, -0.1) is 0 Å². The average Bonchev–Trinajstić information content (AvgIpc) is 2.27. The SMILES string of the molecule is CC(C)(C)C.CCCC(C)(C)CCC.CCCC(C)CC. The van der Waals surface area contributed by atoms with Gasteiger partial charge in [-0.3, -0.25) is 0 Å². The van der Waals surface area contributed by atoms with E-state index in [0.29, 0.717) is 10.8 Å². The van der Waals surface area contributed by atoms with Crippen LogP contribution >= 0.6 is 0 Å². The van der Waals surface area contributed by atoms with Gasteiger partial charge in [0.2, 0.25) is 0 Å². The van der Waals surface area contributed by atoms with Crippen molar-refractivity contribution in [1.29, 1.82) is 0 Å². The van der Waals surface area contributed by atoms with Gasteiger partial charge in [0.15, 0.2) is 0 Å². The minimum absolute atomic E-state index is 0.500. The van der Waals surface area contributed by atoms with Crippen molar-refractivity contribution in [2.75, 3.05) is 0 Å². The van der Waals surface area contributed by atoms with Crippen LogP contribution in [0.4, 0.5) is 0 Å². The van der Waals surface area contributed by atoms with Crippen LogP contribution in [0.1, 0.15) is 121 Å². The van der Waals surface area contributed by atoms with Crippen LogP contribution in [0.3, 0.4) is 0 Å². The van der Waals surface area contributed by atoms with Gasteiger partial charge in [-0.1, -0.05) is 108 Å². The molecule has 0 amide bonds. The molecule has 0 aromatic carbocycles. The van der Waals surface area contributed by atoms with Crippen LogP contribution < -0.4 is 0 Å². The Kier molecular flexibility index (Phi) is 18.4. The minimum atomic E-state index is 0.500. The maximum Gasteiger partial charge on any atom is -0.0354 e. The van der Waals surface area contributed by atoms with Crippen LogP contribution in [-0.2, 0) is 0 Å². The first-order valence-electron chi connectivity index (χ1n) is 9.43. The Balaban J connectivity index is -0.000000242. The topological polar surface area (TPSA) is 0 Å². The van der Waals surface area contributed by atoms with E-state index in [0.717, 1.165) is 5.92 Å². The van der Waals surface area contributed by atoms with E-state index in [1.165, 1.54) is 44.9 Å². The van der Waals surface area contributed by atoms with E-state index in [2.05, 4.69) is 76.2 Å². The van der Waals surface area contributed by atoms with Gasteiger partial charge in [0.1, 0.15) is 0 Å². The van der Waals surface area contributed by atoms with Crippen molar-refractivity contribution in [2.24, 2.45) is 16.7 Å². The van der Waals surface area contributed by atoms with Crippen molar-refractivity contribution in [3.63, 3.8) is 0 Å². The highest BCUT2D eigenvalue weighted by Crippen LogP contribution is 2.27. The molecule has 1 unspecified atom stereocenters. The second kappa shape index (κ2) is 14.9. The summed E-state index contributed by atoms with van der Waals surface area (Å²) in [5, 5.41) is 0. The first-order chi connectivity index (χ1) is 9.43. The van der Waals surface area contributed by atoms with E-state index in [1.807, 2.05) is 0 Å². The Morgan fingerprint density at radius 3 is 1.14 bits per heavy atom. The predicted molar refractivity (Wildman–Crippen MR) is 103 cm³/mol. The van der Waals surface area contributed by atoms with Crippen molar-refractivity contribution in [2.45, 2.75) is 121 Å². The Bertz CT molecular complexity index is 169. The van der Waals surface area contributed by atoms with Crippen molar-refractivity contribution in [3.05, 3.63) is 0 Å². The van der Waals surface area contributed by atoms with E-state index < -0.39 is 0 Å². The maximum absolute atomic E-state index is 2.36. The maximum atomic E-state index is 2.36. The molecule has 0 rings (SSSR count). The van der Waals surface area contributed by atoms with Crippen molar-refractivity contribution in [1.82, 2.24) is 0 Å². The summed E-state index contributed by atoms with van der Waals surface area (Å²) in [7, 11) is 0. The number of rotatable bonds is 7. The first kappa shape index (κ1) is 25.9. The summed E-state index contributed by atoms with van der Waals surface area (Å²) < 4.78 is 0. The third-order valence-corrected chi connectivity index (χ3v) is 3.33. The van der Waals surface area contributed by atoms with Gasteiger partial charge in [0.25, 0.3) is 0 Å². The Morgan fingerprint density at radius 2 is 1.00 bits per heavy atom. The monoisotopic (exact) mass is 300 g/mol. The quantitative estimate of drug-likeness (QED) is 0.442. The highest BCUT2D eigenvalue weighted by molar-refractivity contribution is 4.66. The summed E-state index contributed by atoms with van der Waals surface area (Å²) >= 11 is 0. The summed E-state index contributed by atoms with van der Waals surface area (Å²) in [6, 6.07) is 0. The lowest BCUT2D eigenvalue weighted by Crippen LogP contribution is -2.09. The van der Waals surface area contributed by atoms with Crippen LogP contribution in [0.25, 0.3) is 0 Å². The number of hydrogen-bond acceptors (Lipinski definition) is 0. The summed E-state index contributed by atoms with van der Waals surface area (Å²) in [6.45, 7) is 24.8. The highest BCUT2D eigenvalue weighted by atomic mass is 14.2. The lowest BCUT2D eigenvalue weighted by Gasteiger charge is -2.22. The van der Waals surface area contributed by atoms with Gasteiger partial charge in [-0.2, -0.15) is 0 Å². The molecule has 0 aliphatic rings. The fourth-order valence-electron chi connectivity index (χ4n) is 2.18. The van der Waals surface area contributed by atoms with Gasteiger partial charge in [-0.05, 0) is 29.6 Å². The standard InChI is InChI=1S/C9H20.C7H16.C5H12/c1-5-7-9(3,4)8-6-2;1-4-6-7(3)5-2;1-5(2,3)4/h5-8H2,1-4H3;7H,4-6H2,1-3H3;1-4H3. The minimum Gasteiger partial charge on any atom is -0.0654 e. The van der Waals surface area contributed by atoms with Gasteiger partial charge in [0.05, 0.1) is 0 Å². The molecule has 0 bridgehead atoms. The lowest BCUT2D eigenvalue weighted by molar-refractivity contribution is 0.301. The Labute approximate surface area is 138 Å².